The van der Waals surface area contributed by atoms with Gasteiger partial charge < -0.3 is 10.0 Å². The minimum Gasteiger partial charge on any atom is -0.502 e. The summed E-state index contributed by atoms with van der Waals surface area (Å²) in [5.74, 6) is -0.815. The third-order valence-electron chi connectivity index (χ3n) is 3.44. The molecule has 106 valence electrons. The molecule has 1 aliphatic rings. The van der Waals surface area contributed by atoms with Crippen molar-refractivity contribution >= 4 is 17.3 Å². The van der Waals surface area contributed by atoms with Crippen molar-refractivity contribution in [3.8, 4) is 5.75 Å². The van der Waals surface area contributed by atoms with Crippen LogP contribution >= 0.6 is 0 Å². The summed E-state index contributed by atoms with van der Waals surface area (Å²) in [5.41, 5.74) is 1.56. The molecule has 0 aliphatic carbocycles. The van der Waals surface area contributed by atoms with Crippen LogP contribution in [0.4, 0.5) is 11.4 Å². The van der Waals surface area contributed by atoms with Gasteiger partial charge in [-0.3, -0.25) is 19.9 Å². The number of rotatable bonds is 2. The molecule has 0 unspecified atom stereocenters. The molecule has 7 heteroatoms. The summed E-state index contributed by atoms with van der Waals surface area (Å²) in [6.45, 7) is 0.525. The standard InChI is InChI=1S/C14H11N3O4/c18-13-7-9(1-2-12(13)17(20)21)14(19)16-6-4-10-8-15-5-3-11(10)16/h1-3,5,7-8,18H,4,6H2. The monoisotopic (exact) mass is 285 g/mol. The Morgan fingerprint density at radius 2 is 2.19 bits per heavy atom. The van der Waals surface area contributed by atoms with E-state index in [9.17, 15) is 20.0 Å². The summed E-state index contributed by atoms with van der Waals surface area (Å²) >= 11 is 0. The van der Waals surface area contributed by atoms with Gasteiger partial charge in [0.15, 0.2) is 5.75 Å². The van der Waals surface area contributed by atoms with Crippen molar-refractivity contribution in [1.29, 1.82) is 0 Å². The number of nitro benzene ring substituents is 1. The minimum absolute atomic E-state index is 0.211. The maximum absolute atomic E-state index is 12.5. The number of carbonyl (C=O) groups is 1. The highest BCUT2D eigenvalue weighted by atomic mass is 16.6. The number of phenols is 1. The summed E-state index contributed by atoms with van der Waals surface area (Å²) < 4.78 is 0. The number of amides is 1. The lowest BCUT2D eigenvalue weighted by molar-refractivity contribution is -0.385. The van der Waals surface area contributed by atoms with Gasteiger partial charge >= 0.3 is 5.69 Å². The molecule has 1 N–H and O–H groups in total. The molecule has 1 amide bonds. The average Bonchev–Trinajstić information content (AvgIpc) is 2.90. The fourth-order valence-corrected chi connectivity index (χ4v) is 2.41. The third-order valence-corrected chi connectivity index (χ3v) is 3.44. The van der Waals surface area contributed by atoms with Crippen LogP contribution in [0.15, 0.2) is 36.7 Å². The second kappa shape index (κ2) is 4.86. The largest absolute Gasteiger partial charge is 0.502 e. The molecule has 0 radical (unpaired) electrons. The van der Waals surface area contributed by atoms with Gasteiger partial charge in [-0.2, -0.15) is 0 Å². The van der Waals surface area contributed by atoms with E-state index >= 15 is 0 Å². The van der Waals surface area contributed by atoms with Crippen LogP contribution in [0, 0.1) is 10.1 Å². The molecule has 1 aromatic carbocycles. The second-order valence-electron chi connectivity index (χ2n) is 4.67. The maximum Gasteiger partial charge on any atom is 0.310 e. The summed E-state index contributed by atoms with van der Waals surface area (Å²) in [5, 5.41) is 20.3. The van der Waals surface area contributed by atoms with Crippen LogP contribution in [0.25, 0.3) is 0 Å². The van der Waals surface area contributed by atoms with Crippen LogP contribution in [0.1, 0.15) is 15.9 Å². The van der Waals surface area contributed by atoms with E-state index in [1.165, 1.54) is 6.07 Å². The predicted molar refractivity (Wildman–Crippen MR) is 74.4 cm³/mol. The fourth-order valence-electron chi connectivity index (χ4n) is 2.41. The van der Waals surface area contributed by atoms with Crippen LogP contribution in [0.5, 0.6) is 5.75 Å². The predicted octanol–water partition coefficient (Wildman–Crippen LogP) is 1.90. The average molecular weight is 285 g/mol. The Hall–Kier alpha value is -2.96. The molecule has 0 bridgehead atoms. The van der Waals surface area contributed by atoms with Gasteiger partial charge in [0.05, 0.1) is 10.6 Å². The van der Waals surface area contributed by atoms with E-state index in [2.05, 4.69) is 4.98 Å². The maximum atomic E-state index is 12.5. The first-order valence-electron chi connectivity index (χ1n) is 6.30. The van der Waals surface area contributed by atoms with Crippen LogP contribution in [-0.4, -0.2) is 27.5 Å². The van der Waals surface area contributed by atoms with Gasteiger partial charge in [-0.25, -0.2) is 0 Å². The number of nitro groups is 1. The highest BCUT2D eigenvalue weighted by molar-refractivity contribution is 6.07. The third kappa shape index (κ3) is 2.18. The van der Waals surface area contributed by atoms with E-state index in [4.69, 9.17) is 0 Å². The molecule has 0 atom stereocenters. The molecule has 2 aromatic rings. The molecule has 3 rings (SSSR count). The number of anilines is 1. The highest BCUT2D eigenvalue weighted by Gasteiger charge is 2.26. The quantitative estimate of drug-likeness (QED) is 0.671. The number of nitrogens with zero attached hydrogens (tertiary/aromatic N) is 3. The molecule has 0 fully saturated rings. The van der Waals surface area contributed by atoms with Crippen molar-refractivity contribution in [1.82, 2.24) is 4.98 Å². The first-order chi connectivity index (χ1) is 10.1. The number of hydrogen-bond donors (Lipinski definition) is 1. The van der Waals surface area contributed by atoms with Crippen molar-refractivity contribution in [3.63, 3.8) is 0 Å². The molecular weight excluding hydrogens is 274 g/mol. The zero-order valence-corrected chi connectivity index (χ0v) is 10.9. The molecular formula is C14H11N3O4. The Labute approximate surface area is 119 Å². The van der Waals surface area contributed by atoms with Crippen LogP contribution in [-0.2, 0) is 6.42 Å². The molecule has 0 saturated heterocycles. The van der Waals surface area contributed by atoms with Crippen molar-refractivity contribution in [2.45, 2.75) is 6.42 Å². The minimum atomic E-state index is -0.694. The summed E-state index contributed by atoms with van der Waals surface area (Å²) in [4.78, 5) is 28.0. The van der Waals surface area contributed by atoms with Gasteiger partial charge in [0.1, 0.15) is 0 Å². The number of fused-ring (bicyclic) bond motifs is 1. The Morgan fingerprint density at radius 1 is 1.38 bits per heavy atom. The number of aromatic hydroxyl groups is 1. The Kier molecular flexibility index (Phi) is 3.02. The molecule has 7 nitrogen and oxygen atoms in total. The van der Waals surface area contributed by atoms with Crippen molar-refractivity contribution < 1.29 is 14.8 Å². The number of carbonyl (C=O) groups excluding carboxylic acids is 1. The number of pyridine rings is 1. The van der Waals surface area contributed by atoms with Crippen molar-refractivity contribution in [2.75, 3.05) is 11.4 Å². The Morgan fingerprint density at radius 3 is 2.90 bits per heavy atom. The summed E-state index contributed by atoms with van der Waals surface area (Å²) in [6.07, 6.45) is 4.04. The number of aromatic nitrogens is 1. The first kappa shape index (κ1) is 13.0. The molecule has 0 saturated carbocycles. The molecule has 2 heterocycles. The normalized spacial score (nSPS) is 13.0. The van der Waals surface area contributed by atoms with E-state index in [1.807, 2.05) is 0 Å². The lowest BCUT2D eigenvalue weighted by Crippen LogP contribution is -2.28. The van der Waals surface area contributed by atoms with Gasteiger partial charge in [-0.15, -0.1) is 0 Å². The van der Waals surface area contributed by atoms with Gasteiger partial charge in [-0.05, 0) is 30.2 Å². The second-order valence-corrected chi connectivity index (χ2v) is 4.67. The molecule has 21 heavy (non-hydrogen) atoms. The van der Waals surface area contributed by atoms with Gasteiger partial charge in [0.25, 0.3) is 5.91 Å². The highest BCUT2D eigenvalue weighted by Crippen LogP contribution is 2.31. The van der Waals surface area contributed by atoms with E-state index < -0.39 is 16.4 Å². The lowest BCUT2D eigenvalue weighted by Gasteiger charge is -2.17. The molecule has 0 spiro atoms. The fraction of sp³-hybridized carbons (Fsp3) is 0.143. The number of phenolic OH excluding ortho intramolecular Hbond substituents is 1. The SMILES string of the molecule is O=C(c1ccc([N+](=O)[O-])c(O)c1)N1CCc2cnccc21. The van der Waals surface area contributed by atoms with Gasteiger partial charge in [-0.1, -0.05) is 0 Å². The number of benzene rings is 1. The van der Waals surface area contributed by atoms with Gasteiger partial charge in [0, 0.05) is 30.6 Å². The van der Waals surface area contributed by atoms with Crippen molar-refractivity contribution in [2.24, 2.45) is 0 Å². The zero-order valence-electron chi connectivity index (χ0n) is 10.9. The van der Waals surface area contributed by atoms with E-state index in [-0.39, 0.29) is 11.5 Å². The summed E-state index contributed by atoms with van der Waals surface area (Å²) in [6, 6.07) is 5.36. The van der Waals surface area contributed by atoms with E-state index in [0.29, 0.717) is 13.0 Å². The van der Waals surface area contributed by atoms with E-state index in [0.717, 1.165) is 23.4 Å². The molecule has 1 aromatic heterocycles. The van der Waals surface area contributed by atoms with Crippen LogP contribution in [0.2, 0.25) is 0 Å². The topological polar surface area (TPSA) is 96.6 Å². The van der Waals surface area contributed by atoms with E-state index in [1.54, 1.807) is 23.4 Å². The zero-order chi connectivity index (χ0) is 15.0. The van der Waals surface area contributed by atoms with Crippen LogP contribution < -0.4 is 4.90 Å². The smallest absolute Gasteiger partial charge is 0.310 e. The van der Waals surface area contributed by atoms with Crippen molar-refractivity contribution in [3.05, 3.63) is 57.9 Å². The first-order valence-corrected chi connectivity index (χ1v) is 6.30. The van der Waals surface area contributed by atoms with Crippen LogP contribution in [0.3, 0.4) is 0 Å². The Balaban J connectivity index is 1.94. The lowest BCUT2D eigenvalue weighted by atomic mass is 10.1. The summed E-state index contributed by atoms with van der Waals surface area (Å²) in [7, 11) is 0. The number of hydrogen-bond acceptors (Lipinski definition) is 5. The van der Waals surface area contributed by atoms with Gasteiger partial charge in [0.2, 0.25) is 0 Å². The Bertz CT molecular complexity index is 745. The molecule has 1 aliphatic heterocycles.